The number of carbonyl (C=O) groups is 1. The van der Waals surface area contributed by atoms with Crippen molar-refractivity contribution in [3.05, 3.63) is 34.9 Å². The first-order valence-corrected chi connectivity index (χ1v) is 10.2. The van der Waals surface area contributed by atoms with Crippen LogP contribution in [0, 0.1) is 5.92 Å². The number of fused-ring (bicyclic) bond motifs is 1. The molecule has 0 aromatic heterocycles. The van der Waals surface area contributed by atoms with Gasteiger partial charge in [0.15, 0.2) is 0 Å². The van der Waals surface area contributed by atoms with Gasteiger partial charge < -0.3 is 15.3 Å². The Balaban J connectivity index is 1.90. The molecule has 0 bridgehead atoms. The van der Waals surface area contributed by atoms with Crippen molar-refractivity contribution in [3.63, 3.8) is 0 Å². The number of amides is 1. The summed E-state index contributed by atoms with van der Waals surface area (Å²) in [6, 6.07) is 3.70. The number of aliphatic hydroxyl groups is 1. The number of benzene rings is 1. The van der Waals surface area contributed by atoms with Crippen LogP contribution in [0.1, 0.15) is 61.8 Å². The van der Waals surface area contributed by atoms with Crippen LogP contribution in [0.2, 0.25) is 0 Å². The highest BCUT2D eigenvalue weighted by atomic mass is 19.4. The van der Waals surface area contributed by atoms with Gasteiger partial charge in [-0.3, -0.25) is 4.79 Å². The molecule has 156 valence electrons. The number of carbonyl (C=O) groups excluding carboxylic acids is 1. The van der Waals surface area contributed by atoms with E-state index >= 15 is 0 Å². The molecule has 1 aromatic rings. The zero-order chi connectivity index (χ0) is 20.3. The fourth-order valence-electron chi connectivity index (χ4n) is 4.55. The average molecular weight is 398 g/mol. The molecule has 1 aromatic carbocycles. The van der Waals surface area contributed by atoms with E-state index in [4.69, 9.17) is 0 Å². The van der Waals surface area contributed by atoms with Gasteiger partial charge in [0.05, 0.1) is 24.3 Å². The van der Waals surface area contributed by atoms with Crippen LogP contribution >= 0.6 is 0 Å². The van der Waals surface area contributed by atoms with E-state index < -0.39 is 17.8 Å². The minimum absolute atomic E-state index is 0.0857. The lowest BCUT2D eigenvalue weighted by molar-refractivity contribution is -0.137. The second kappa shape index (κ2) is 8.82. The van der Waals surface area contributed by atoms with E-state index in [1.54, 1.807) is 17.9 Å². The normalized spacial score (nSPS) is 22.0. The molecule has 0 saturated heterocycles. The summed E-state index contributed by atoms with van der Waals surface area (Å²) in [5, 5.41) is 12.3. The molecular formula is C21H29F3N2O2. The summed E-state index contributed by atoms with van der Waals surface area (Å²) in [6.45, 7) is 2.55. The minimum atomic E-state index is -4.39. The van der Waals surface area contributed by atoms with Crippen molar-refractivity contribution in [2.45, 2.75) is 63.8 Å². The van der Waals surface area contributed by atoms with Crippen LogP contribution in [0.4, 0.5) is 13.2 Å². The van der Waals surface area contributed by atoms with Crippen LogP contribution in [-0.2, 0) is 17.4 Å². The third kappa shape index (κ3) is 4.87. The maximum absolute atomic E-state index is 13.3. The molecule has 0 radical (unpaired) electrons. The van der Waals surface area contributed by atoms with E-state index in [2.05, 4.69) is 5.32 Å². The predicted octanol–water partition coefficient (Wildman–Crippen LogP) is 3.68. The van der Waals surface area contributed by atoms with Crippen molar-refractivity contribution < 1.29 is 23.1 Å². The van der Waals surface area contributed by atoms with Crippen molar-refractivity contribution in [2.24, 2.45) is 5.92 Å². The Kier molecular flexibility index (Phi) is 6.65. The van der Waals surface area contributed by atoms with Gasteiger partial charge in [-0.25, -0.2) is 0 Å². The van der Waals surface area contributed by atoms with Crippen LogP contribution in [0.25, 0.3) is 0 Å². The highest BCUT2D eigenvalue weighted by molar-refractivity contribution is 5.79. The zero-order valence-electron chi connectivity index (χ0n) is 16.3. The minimum Gasteiger partial charge on any atom is -0.392 e. The third-order valence-corrected chi connectivity index (χ3v) is 5.88. The van der Waals surface area contributed by atoms with E-state index in [1.807, 2.05) is 0 Å². The monoisotopic (exact) mass is 398 g/mol. The predicted molar refractivity (Wildman–Crippen MR) is 101 cm³/mol. The van der Waals surface area contributed by atoms with Gasteiger partial charge in [0.1, 0.15) is 0 Å². The van der Waals surface area contributed by atoms with Gasteiger partial charge >= 0.3 is 6.18 Å². The van der Waals surface area contributed by atoms with Crippen molar-refractivity contribution in [1.82, 2.24) is 10.2 Å². The Labute approximate surface area is 164 Å². The molecule has 1 unspecified atom stereocenters. The third-order valence-electron chi connectivity index (χ3n) is 5.88. The van der Waals surface area contributed by atoms with Crippen molar-refractivity contribution in [2.75, 3.05) is 19.6 Å². The van der Waals surface area contributed by atoms with Gasteiger partial charge in [-0.05, 0) is 55.4 Å². The topological polar surface area (TPSA) is 52.6 Å². The molecule has 7 heteroatoms. The zero-order valence-corrected chi connectivity index (χ0v) is 16.3. The van der Waals surface area contributed by atoms with Crippen molar-refractivity contribution in [1.29, 1.82) is 0 Å². The molecule has 1 heterocycles. The summed E-state index contributed by atoms with van der Waals surface area (Å²) in [5.74, 6) is 0.0799. The fraction of sp³-hybridized carbons (Fsp3) is 0.667. The lowest BCUT2D eigenvalue weighted by atomic mass is 9.76. The standard InChI is InChI=1S/C21H29F3N2O2/c1-14(27)12-25-13-19(28)26-10-9-15-7-8-17(21(22,23)24)11-18(15)20(26)16-5-3-2-4-6-16/h7-8,11,14,16,20,25,27H,2-6,9-10,12-13H2,1H3/t14-,20?/m1/s1. The Morgan fingerprint density at radius 2 is 2.00 bits per heavy atom. The molecular weight excluding hydrogens is 369 g/mol. The number of hydrogen-bond donors (Lipinski definition) is 2. The summed E-state index contributed by atoms with van der Waals surface area (Å²) < 4.78 is 39.9. The molecule has 2 atom stereocenters. The number of rotatable bonds is 5. The Bertz CT molecular complexity index is 685. The molecule has 2 N–H and O–H groups in total. The van der Waals surface area contributed by atoms with Crippen molar-refractivity contribution >= 4 is 5.91 Å². The first-order chi connectivity index (χ1) is 13.3. The molecule has 28 heavy (non-hydrogen) atoms. The number of alkyl halides is 3. The van der Waals surface area contributed by atoms with Crippen LogP contribution in [0.15, 0.2) is 18.2 Å². The Morgan fingerprint density at radius 1 is 1.29 bits per heavy atom. The number of hydrogen-bond acceptors (Lipinski definition) is 3. The largest absolute Gasteiger partial charge is 0.416 e. The summed E-state index contributed by atoms with van der Waals surface area (Å²) in [5.41, 5.74) is 0.940. The molecule has 1 aliphatic carbocycles. The second-order valence-corrected chi connectivity index (χ2v) is 8.07. The smallest absolute Gasteiger partial charge is 0.392 e. The quantitative estimate of drug-likeness (QED) is 0.796. The maximum atomic E-state index is 13.3. The maximum Gasteiger partial charge on any atom is 0.416 e. The summed E-state index contributed by atoms with van der Waals surface area (Å²) in [4.78, 5) is 14.7. The van der Waals surface area contributed by atoms with Gasteiger partial charge in [0.25, 0.3) is 0 Å². The lowest BCUT2D eigenvalue weighted by Crippen LogP contribution is -2.47. The summed E-state index contributed by atoms with van der Waals surface area (Å²) in [6.07, 6.45) is 0.739. The van der Waals surface area contributed by atoms with Crippen LogP contribution in [0.3, 0.4) is 0 Å². The highest BCUT2D eigenvalue weighted by Gasteiger charge is 2.39. The number of halogens is 3. The number of nitrogens with zero attached hydrogens (tertiary/aromatic N) is 1. The van der Waals surface area contributed by atoms with E-state index in [-0.39, 0.29) is 24.4 Å². The number of aliphatic hydroxyl groups excluding tert-OH is 1. The van der Waals surface area contributed by atoms with Crippen LogP contribution in [-0.4, -0.2) is 41.7 Å². The Hall–Kier alpha value is -1.60. The molecule has 1 aliphatic heterocycles. The molecule has 2 aliphatic rings. The number of nitrogens with one attached hydrogen (secondary N) is 1. The van der Waals surface area contributed by atoms with E-state index in [0.717, 1.165) is 43.7 Å². The first-order valence-electron chi connectivity index (χ1n) is 10.2. The van der Waals surface area contributed by atoms with E-state index in [1.165, 1.54) is 6.07 Å². The van der Waals surface area contributed by atoms with Gasteiger partial charge in [0.2, 0.25) is 5.91 Å². The van der Waals surface area contributed by atoms with E-state index in [0.29, 0.717) is 25.1 Å². The Morgan fingerprint density at radius 3 is 2.64 bits per heavy atom. The molecule has 4 nitrogen and oxygen atoms in total. The van der Waals surface area contributed by atoms with Gasteiger partial charge in [-0.15, -0.1) is 0 Å². The SMILES string of the molecule is C[C@@H](O)CNCC(=O)N1CCc2ccc(C(F)(F)F)cc2C1C1CCCCC1. The van der Waals surface area contributed by atoms with Crippen LogP contribution < -0.4 is 5.32 Å². The van der Waals surface area contributed by atoms with Gasteiger partial charge in [0, 0.05) is 13.1 Å². The van der Waals surface area contributed by atoms with Crippen LogP contribution in [0.5, 0.6) is 0 Å². The van der Waals surface area contributed by atoms with Gasteiger partial charge in [-0.1, -0.05) is 25.3 Å². The lowest BCUT2D eigenvalue weighted by Gasteiger charge is -2.43. The molecule has 1 fully saturated rings. The molecule has 0 spiro atoms. The van der Waals surface area contributed by atoms with Crippen molar-refractivity contribution in [3.8, 4) is 0 Å². The van der Waals surface area contributed by atoms with Gasteiger partial charge in [-0.2, -0.15) is 13.2 Å². The molecule has 1 amide bonds. The first kappa shape index (κ1) is 21.1. The molecule has 3 rings (SSSR count). The summed E-state index contributed by atoms with van der Waals surface area (Å²) in [7, 11) is 0. The average Bonchev–Trinajstić information content (AvgIpc) is 2.66. The summed E-state index contributed by atoms with van der Waals surface area (Å²) >= 11 is 0. The fourth-order valence-corrected chi connectivity index (χ4v) is 4.55. The second-order valence-electron chi connectivity index (χ2n) is 8.07. The highest BCUT2D eigenvalue weighted by Crippen LogP contribution is 2.43. The van der Waals surface area contributed by atoms with E-state index in [9.17, 15) is 23.1 Å². The molecule has 1 saturated carbocycles.